The van der Waals surface area contributed by atoms with Crippen LogP contribution in [0.1, 0.15) is 28.8 Å². The molecule has 0 spiro atoms. The molecule has 0 atom stereocenters. The molecular weight excluding hydrogens is 226 g/mol. The summed E-state index contributed by atoms with van der Waals surface area (Å²) in [6.45, 7) is 2.49. The Bertz CT molecular complexity index is 437. The van der Waals surface area contributed by atoms with E-state index in [0.717, 1.165) is 12.1 Å². The number of benzene rings is 1. The molecule has 2 rings (SSSR count). The molecule has 1 aromatic rings. The Hall–Kier alpha value is -1.29. The monoisotopic (exact) mass is 240 g/mol. The van der Waals surface area contributed by atoms with Crippen LogP contribution in [0.2, 0.25) is 0 Å². The predicted molar refractivity (Wildman–Crippen MR) is 59.0 cm³/mol. The summed E-state index contributed by atoms with van der Waals surface area (Å²) in [6, 6.07) is 2.07. The first-order valence-corrected chi connectivity index (χ1v) is 5.67. The number of hydrogen-bond donors (Lipinski definition) is 0. The van der Waals surface area contributed by atoms with Gasteiger partial charge >= 0.3 is 0 Å². The van der Waals surface area contributed by atoms with Crippen molar-refractivity contribution in [2.45, 2.75) is 19.8 Å². The predicted octanol–water partition coefficient (Wildman–Crippen LogP) is 2.88. The van der Waals surface area contributed by atoms with Crippen molar-refractivity contribution in [2.75, 3.05) is 13.2 Å². The third kappa shape index (κ3) is 2.52. The summed E-state index contributed by atoms with van der Waals surface area (Å²) in [4.78, 5) is 12.0. The third-order valence-electron chi connectivity index (χ3n) is 3.11. The highest BCUT2D eigenvalue weighted by Crippen LogP contribution is 2.23. The average Bonchev–Trinajstić information content (AvgIpc) is 2.34. The van der Waals surface area contributed by atoms with E-state index in [1.165, 1.54) is 6.92 Å². The molecule has 1 aromatic carbocycles. The van der Waals surface area contributed by atoms with Crippen molar-refractivity contribution in [2.24, 2.45) is 5.92 Å². The van der Waals surface area contributed by atoms with Gasteiger partial charge in [-0.2, -0.15) is 0 Å². The maximum absolute atomic E-state index is 13.6. The molecule has 0 aliphatic carbocycles. The van der Waals surface area contributed by atoms with E-state index in [9.17, 15) is 13.6 Å². The van der Waals surface area contributed by atoms with Crippen LogP contribution in [0.4, 0.5) is 8.78 Å². The number of carbonyl (C=O) groups is 1. The normalized spacial score (nSPS) is 17.1. The molecule has 1 fully saturated rings. The first-order chi connectivity index (χ1) is 8.09. The second-order valence-corrected chi connectivity index (χ2v) is 4.33. The molecule has 0 saturated carbocycles. The molecule has 0 amide bonds. The summed E-state index contributed by atoms with van der Waals surface area (Å²) in [6.07, 6.45) is 1.15. The zero-order valence-electron chi connectivity index (χ0n) is 9.63. The van der Waals surface area contributed by atoms with Crippen molar-refractivity contribution in [3.8, 4) is 0 Å². The highest BCUT2D eigenvalue weighted by atomic mass is 19.1. The van der Waals surface area contributed by atoms with E-state index in [-0.39, 0.29) is 22.8 Å². The fourth-order valence-corrected chi connectivity index (χ4v) is 2.01. The summed E-state index contributed by atoms with van der Waals surface area (Å²) in [5, 5.41) is 0. The minimum atomic E-state index is -0.639. The highest BCUT2D eigenvalue weighted by molar-refractivity contribution is 5.98. The molecule has 92 valence electrons. The SMILES string of the molecule is Cc1cc(F)c(C(=O)C2CCOCC2)cc1F. The van der Waals surface area contributed by atoms with Crippen molar-refractivity contribution in [1.29, 1.82) is 0 Å². The van der Waals surface area contributed by atoms with Crippen molar-refractivity contribution in [1.82, 2.24) is 0 Å². The van der Waals surface area contributed by atoms with Crippen LogP contribution in [-0.4, -0.2) is 19.0 Å². The van der Waals surface area contributed by atoms with E-state index in [0.29, 0.717) is 26.1 Å². The number of ketones is 1. The van der Waals surface area contributed by atoms with E-state index in [4.69, 9.17) is 4.74 Å². The Labute approximate surface area is 98.6 Å². The van der Waals surface area contributed by atoms with E-state index in [1.807, 2.05) is 0 Å². The Morgan fingerprint density at radius 2 is 1.88 bits per heavy atom. The van der Waals surface area contributed by atoms with Crippen LogP contribution >= 0.6 is 0 Å². The summed E-state index contributed by atoms with van der Waals surface area (Å²) in [5.41, 5.74) is 0.0750. The minimum absolute atomic E-state index is 0.139. The molecule has 1 saturated heterocycles. The maximum Gasteiger partial charge on any atom is 0.169 e. The van der Waals surface area contributed by atoms with Gasteiger partial charge in [0.1, 0.15) is 11.6 Å². The zero-order valence-corrected chi connectivity index (χ0v) is 9.63. The number of halogens is 2. The zero-order chi connectivity index (χ0) is 12.4. The van der Waals surface area contributed by atoms with E-state index < -0.39 is 11.6 Å². The minimum Gasteiger partial charge on any atom is -0.381 e. The van der Waals surface area contributed by atoms with E-state index in [1.54, 1.807) is 0 Å². The van der Waals surface area contributed by atoms with Gasteiger partial charge in [-0.05, 0) is 37.5 Å². The first-order valence-electron chi connectivity index (χ1n) is 5.67. The van der Waals surface area contributed by atoms with Gasteiger partial charge in [-0.15, -0.1) is 0 Å². The standard InChI is InChI=1S/C13H14F2O2/c1-8-6-12(15)10(7-11(8)14)13(16)9-2-4-17-5-3-9/h6-7,9H,2-5H2,1H3. The molecule has 2 nitrogen and oxygen atoms in total. The van der Waals surface area contributed by atoms with Gasteiger partial charge < -0.3 is 4.74 Å². The van der Waals surface area contributed by atoms with Crippen LogP contribution in [0.5, 0.6) is 0 Å². The molecule has 17 heavy (non-hydrogen) atoms. The molecular formula is C13H14F2O2. The summed E-state index contributed by atoms with van der Waals surface area (Å²) < 4.78 is 32.1. The van der Waals surface area contributed by atoms with Crippen molar-refractivity contribution in [3.05, 3.63) is 34.9 Å². The van der Waals surface area contributed by atoms with Crippen LogP contribution < -0.4 is 0 Å². The Kier molecular flexibility index (Phi) is 3.52. The average molecular weight is 240 g/mol. The lowest BCUT2D eigenvalue weighted by atomic mass is 9.90. The number of ether oxygens (including phenoxy) is 1. The van der Waals surface area contributed by atoms with E-state index in [2.05, 4.69) is 0 Å². The number of aryl methyl sites for hydroxylation is 1. The highest BCUT2D eigenvalue weighted by Gasteiger charge is 2.25. The lowest BCUT2D eigenvalue weighted by molar-refractivity contribution is 0.0542. The topological polar surface area (TPSA) is 26.3 Å². The Balaban J connectivity index is 2.26. The van der Waals surface area contributed by atoms with Crippen LogP contribution in [0, 0.1) is 24.5 Å². The number of hydrogen-bond acceptors (Lipinski definition) is 2. The third-order valence-corrected chi connectivity index (χ3v) is 3.11. The summed E-state index contributed by atoms with van der Waals surface area (Å²) in [5.74, 6) is -1.74. The largest absolute Gasteiger partial charge is 0.381 e. The molecule has 0 radical (unpaired) electrons. The van der Waals surface area contributed by atoms with Gasteiger partial charge in [-0.3, -0.25) is 4.79 Å². The molecule has 0 aromatic heterocycles. The van der Waals surface area contributed by atoms with Gasteiger partial charge in [0.2, 0.25) is 0 Å². The number of Topliss-reactive ketones (excluding diaryl/α,β-unsaturated/α-hetero) is 1. The summed E-state index contributed by atoms with van der Waals surface area (Å²) >= 11 is 0. The molecule has 1 aliphatic rings. The van der Waals surface area contributed by atoms with Crippen molar-refractivity contribution in [3.63, 3.8) is 0 Å². The fourth-order valence-electron chi connectivity index (χ4n) is 2.01. The van der Waals surface area contributed by atoms with Crippen LogP contribution in [0.15, 0.2) is 12.1 Å². The quantitative estimate of drug-likeness (QED) is 0.743. The van der Waals surface area contributed by atoms with Crippen molar-refractivity contribution >= 4 is 5.78 Å². The van der Waals surface area contributed by atoms with Gasteiger partial charge in [-0.25, -0.2) is 8.78 Å². The van der Waals surface area contributed by atoms with Crippen LogP contribution in [0.3, 0.4) is 0 Å². The molecule has 1 heterocycles. The molecule has 0 unspecified atom stereocenters. The van der Waals surface area contributed by atoms with Crippen molar-refractivity contribution < 1.29 is 18.3 Å². The second kappa shape index (κ2) is 4.92. The van der Waals surface area contributed by atoms with Gasteiger partial charge in [0.05, 0.1) is 5.56 Å². The van der Waals surface area contributed by atoms with Gasteiger partial charge in [0.25, 0.3) is 0 Å². The lowest BCUT2D eigenvalue weighted by Crippen LogP contribution is -2.24. The van der Waals surface area contributed by atoms with Gasteiger partial charge in [-0.1, -0.05) is 0 Å². The molecule has 4 heteroatoms. The molecule has 0 bridgehead atoms. The number of rotatable bonds is 2. The summed E-state index contributed by atoms with van der Waals surface area (Å²) in [7, 11) is 0. The Morgan fingerprint density at radius 1 is 1.24 bits per heavy atom. The van der Waals surface area contributed by atoms with E-state index >= 15 is 0 Å². The lowest BCUT2D eigenvalue weighted by Gasteiger charge is -2.21. The molecule has 1 aliphatic heterocycles. The smallest absolute Gasteiger partial charge is 0.169 e. The first kappa shape index (κ1) is 12.2. The van der Waals surface area contributed by atoms with Crippen LogP contribution in [0.25, 0.3) is 0 Å². The van der Waals surface area contributed by atoms with Crippen LogP contribution in [-0.2, 0) is 4.74 Å². The molecule has 0 N–H and O–H groups in total. The van der Waals surface area contributed by atoms with Gasteiger partial charge in [0.15, 0.2) is 5.78 Å². The second-order valence-electron chi connectivity index (χ2n) is 4.33. The maximum atomic E-state index is 13.6. The fraction of sp³-hybridized carbons (Fsp3) is 0.462. The number of carbonyl (C=O) groups excluding carboxylic acids is 1. The Morgan fingerprint density at radius 3 is 2.53 bits per heavy atom. The van der Waals surface area contributed by atoms with Gasteiger partial charge in [0, 0.05) is 19.1 Å².